The Morgan fingerprint density at radius 3 is 2.72 bits per heavy atom. The molecule has 0 saturated carbocycles. The van der Waals surface area contributed by atoms with Crippen LogP contribution >= 0.6 is 35.6 Å². The van der Waals surface area contributed by atoms with Crippen LogP contribution < -0.4 is 16.3 Å². The number of pyridine rings is 1. The molecule has 7 nitrogen and oxygen atoms in total. The molecule has 0 bridgehead atoms. The summed E-state index contributed by atoms with van der Waals surface area (Å²) in [5.41, 5.74) is 3.85. The highest BCUT2D eigenvalue weighted by molar-refractivity contribution is 6.42. The predicted molar refractivity (Wildman–Crippen MR) is 114 cm³/mol. The fraction of sp³-hybridized carbons (Fsp3) is 0.316. The molecule has 1 aromatic heterocycles. The summed E-state index contributed by atoms with van der Waals surface area (Å²) < 4.78 is 7.70. The van der Waals surface area contributed by atoms with Gasteiger partial charge in [-0.1, -0.05) is 29.3 Å². The number of halogens is 3. The summed E-state index contributed by atoms with van der Waals surface area (Å²) in [6.07, 6.45) is 1.43. The largest absolute Gasteiger partial charge is 0.370 e. The normalized spacial score (nSPS) is 21.7. The topological polar surface area (TPSA) is 84.7 Å². The van der Waals surface area contributed by atoms with Crippen LogP contribution in [0.2, 0.25) is 10.0 Å². The number of benzene rings is 1. The van der Waals surface area contributed by atoms with E-state index in [1.54, 1.807) is 35.0 Å². The van der Waals surface area contributed by atoms with Crippen LogP contribution in [0.1, 0.15) is 29.7 Å². The van der Waals surface area contributed by atoms with Gasteiger partial charge < -0.3 is 14.6 Å². The second kappa shape index (κ2) is 9.28. The Bertz CT molecular complexity index is 1010. The lowest BCUT2D eigenvalue weighted by Crippen LogP contribution is -2.36. The van der Waals surface area contributed by atoms with Crippen LogP contribution in [-0.4, -0.2) is 35.9 Å². The molecule has 10 heteroatoms. The fourth-order valence-electron chi connectivity index (χ4n) is 3.49. The van der Waals surface area contributed by atoms with E-state index < -0.39 is 0 Å². The first kappa shape index (κ1) is 21.8. The van der Waals surface area contributed by atoms with Crippen molar-refractivity contribution in [1.82, 2.24) is 15.3 Å². The minimum Gasteiger partial charge on any atom is -0.370 e. The van der Waals surface area contributed by atoms with Gasteiger partial charge in [-0.2, -0.15) is 5.10 Å². The standard InChI is InChI=1S/C19H18Cl2N4O3.ClH/c20-13-4-3-11(8-14(13)21)18-16(10-22-5-7-28-18)25-6-1-2-12(19(25)27)15-9-17(26)24-23-15;/h1-4,6,8,16,18,22H,5,7,9-10H2,(H,24,26);1H. The second-order valence-electron chi connectivity index (χ2n) is 6.64. The molecule has 0 spiro atoms. The molecule has 2 aromatic rings. The van der Waals surface area contributed by atoms with Crippen molar-refractivity contribution in [2.75, 3.05) is 19.7 Å². The molecule has 1 fully saturated rings. The Labute approximate surface area is 183 Å². The number of hydrogen-bond donors (Lipinski definition) is 2. The first-order valence-corrected chi connectivity index (χ1v) is 9.64. The zero-order chi connectivity index (χ0) is 19.7. The van der Waals surface area contributed by atoms with Gasteiger partial charge in [0, 0.05) is 19.3 Å². The molecular formula is C19H19Cl3N4O3. The lowest BCUT2D eigenvalue weighted by molar-refractivity contribution is -0.119. The number of carbonyl (C=O) groups excluding carboxylic acids is 1. The molecule has 0 radical (unpaired) electrons. The monoisotopic (exact) mass is 456 g/mol. The maximum Gasteiger partial charge on any atom is 0.260 e. The van der Waals surface area contributed by atoms with Gasteiger partial charge in [-0.05, 0) is 29.8 Å². The maximum absolute atomic E-state index is 13.2. The van der Waals surface area contributed by atoms with Crippen LogP contribution in [-0.2, 0) is 9.53 Å². The minimum absolute atomic E-state index is 0. The summed E-state index contributed by atoms with van der Waals surface area (Å²) in [6.45, 7) is 1.72. The van der Waals surface area contributed by atoms with Crippen molar-refractivity contribution >= 4 is 47.2 Å². The van der Waals surface area contributed by atoms with Crippen LogP contribution in [0.3, 0.4) is 0 Å². The molecule has 2 unspecified atom stereocenters. The number of hydrazone groups is 1. The van der Waals surface area contributed by atoms with Gasteiger partial charge in [0.1, 0.15) is 6.10 Å². The van der Waals surface area contributed by atoms with E-state index in [1.807, 2.05) is 6.07 Å². The molecule has 2 aliphatic heterocycles. The lowest BCUT2D eigenvalue weighted by Gasteiger charge is -2.27. The Kier molecular flexibility index (Phi) is 6.97. The highest BCUT2D eigenvalue weighted by Gasteiger charge is 2.30. The molecule has 4 rings (SSSR count). The molecule has 154 valence electrons. The van der Waals surface area contributed by atoms with Gasteiger partial charge in [-0.3, -0.25) is 9.59 Å². The third-order valence-corrected chi connectivity index (χ3v) is 5.58. The van der Waals surface area contributed by atoms with Crippen molar-refractivity contribution in [3.05, 3.63) is 68.1 Å². The van der Waals surface area contributed by atoms with E-state index in [2.05, 4.69) is 15.8 Å². The number of rotatable bonds is 3. The Hall–Kier alpha value is -1.90. The van der Waals surface area contributed by atoms with Gasteiger partial charge in [0.15, 0.2) is 0 Å². The van der Waals surface area contributed by atoms with Crippen molar-refractivity contribution in [1.29, 1.82) is 0 Å². The molecule has 29 heavy (non-hydrogen) atoms. The fourth-order valence-corrected chi connectivity index (χ4v) is 3.79. The van der Waals surface area contributed by atoms with Crippen molar-refractivity contribution in [2.45, 2.75) is 18.6 Å². The van der Waals surface area contributed by atoms with Crippen LogP contribution in [0.15, 0.2) is 46.4 Å². The van der Waals surface area contributed by atoms with Gasteiger partial charge in [0.05, 0.1) is 40.4 Å². The smallest absolute Gasteiger partial charge is 0.260 e. The predicted octanol–water partition coefficient (Wildman–Crippen LogP) is 2.70. The van der Waals surface area contributed by atoms with Gasteiger partial charge in [-0.25, -0.2) is 5.43 Å². The number of nitrogens with one attached hydrogen (secondary N) is 2. The molecule has 2 N–H and O–H groups in total. The summed E-state index contributed by atoms with van der Waals surface area (Å²) in [5, 5.41) is 8.18. The van der Waals surface area contributed by atoms with E-state index in [0.717, 1.165) is 5.56 Å². The van der Waals surface area contributed by atoms with E-state index in [0.29, 0.717) is 41.0 Å². The van der Waals surface area contributed by atoms with Crippen LogP contribution in [0.4, 0.5) is 0 Å². The second-order valence-corrected chi connectivity index (χ2v) is 7.46. The summed E-state index contributed by atoms with van der Waals surface area (Å²) in [5.74, 6) is -0.224. The first-order valence-electron chi connectivity index (χ1n) is 8.89. The number of hydrogen-bond acceptors (Lipinski definition) is 5. The Morgan fingerprint density at radius 1 is 1.17 bits per heavy atom. The first-order chi connectivity index (χ1) is 13.5. The number of nitrogens with zero attached hydrogens (tertiary/aromatic N) is 2. The number of aromatic nitrogens is 1. The van der Waals surface area contributed by atoms with E-state index in [9.17, 15) is 9.59 Å². The Morgan fingerprint density at radius 2 is 2.00 bits per heavy atom. The number of amides is 1. The molecular weight excluding hydrogens is 439 g/mol. The summed E-state index contributed by atoms with van der Waals surface area (Å²) in [7, 11) is 0. The molecule has 0 aliphatic carbocycles. The van der Waals surface area contributed by atoms with Crippen LogP contribution in [0, 0.1) is 0 Å². The lowest BCUT2D eigenvalue weighted by atomic mass is 10.0. The molecule has 1 saturated heterocycles. The number of ether oxygens (including phenoxy) is 1. The summed E-state index contributed by atoms with van der Waals surface area (Å²) in [6, 6.07) is 8.50. The molecule has 1 amide bonds. The zero-order valence-corrected chi connectivity index (χ0v) is 17.6. The third-order valence-electron chi connectivity index (χ3n) is 4.84. The highest BCUT2D eigenvalue weighted by atomic mass is 35.5. The summed E-state index contributed by atoms with van der Waals surface area (Å²) >= 11 is 12.2. The van der Waals surface area contributed by atoms with Crippen molar-refractivity contribution in [3.8, 4) is 0 Å². The van der Waals surface area contributed by atoms with E-state index >= 15 is 0 Å². The highest BCUT2D eigenvalue weighted by Crippen LogP contribution is 2.34. The van der Waals surface area contributed by atoms with Crippen LogP contribution in [0.25, 0.3) is 0 Å². The van der Waals surface area contributed by atoms with Crippen molar-refractivity contribution in [3.63, 3.8) is 0 Å². The van der Waals surface area contributed by atoms with Gasteiger partial charge in [0.2, 0.25) is 5.91 Å². The summed E-state index contributed by atoms with van der Waals surface area (Å²) in [4.78, 5) is 24.7. The zero-order valence-electron chi connectivity index (χ0n) is 15.2. The van der Waals surface area contributed by atoms with Gasteiger partial charge in [0.25, 0.3) is 5.56 Å². The maximum atomic E-state index is 13.2. The molecule has 2 atom stereocenters. The van der Waals surface area contributed by atoms with E-state index in [-0.39, 0.29) is 42.4 Å². The van der Waals surface area contributed by atoms with E-state index in [1.165, 1.54) is 0 Å². The van der Waals surface area contributed by atoms with E-state index in [4.69, 9.17) is 27.9 Å². The Balaban J connectivity index is 0.00000240. The quantitative estimate of drug-likeness (QED) is 0.742. The van der Waals surface area contributed by atoms with Crippen LogP contribution in [0.5, 0.6) is 0 Å². The minimum atomic E-state index is -0.386. The van der Waals surface area contributed by atoms with Gasteiger partial charge >= 0.3 is 0 Å². The average Bonchev–Trinajstić information content (AvgIpc) is 2.97. The van der Waals surface area contributed by atoms with Crippen molar-refractivity contribution in [2.24, 2.45) is 5.10 Å². The molecule has 1 aromatic carbocycles. The average molecular weight is 458 g/mol. The van der Waals surface area contributed by atoms with Crippen molar-refractivity contribution < 1.29 is 9.53 Å². The molecule has 3 heterocycles. The SMILES string of the molecule is Cl.O=C1CC(c2cccn(C3CNCCOC3c3ccc(Cl)c(Cl)c3)c2=O)=NN1. The third kappa shape index (κ3) is 4.49. The molecule has 2 aliphatic rings. The number of carbonyl (C=O) groups is 1. The van der Waals surface area contributed by atoms with Gasteiger partial charge in [-0.15, -0.1) is 12.4 Å².